The van der Waals surface area contributed by atoms with Gasteiger partial charge in [-0.15, -0.1) is 0 Å². The lowest BCUT2D eigenvalue weighted by molar-refractivity contribution is -0.127. The highest BCUT2D eigenvalue weighted by Crippen LogP contribution is 2.18. The number of carbonyl (C=O) groups excluding carboxylic acids is 3. The van der Waals surface area contributed by atoms with E-state index >= 15 is 0 Å². The first kappa shape index (κ1) is 22.7. The number of ether oxygens (including phenoxy) is 1. The summed E-state index contributed by atoms with van der Waals surface area (Å²) in [4.78, 5) is 36.5. The molecule has 0 bridgehead atoms. The largest absolute Gasteiger partial charge is 0.444 e. The zero-order valence-corrected chi connectivity index (χ0v) is 17.4. The number of aldehydes is 1. The molecule has 0 aliphatic carbocycles. The third-order valence-corrected chi connectivity index (χ3v) is 4.06. The number of rotatable bonds is 6. The molecule has 6 nitrogen and oxygen atoms in total. The Labute approximate surface area is 162 Å². The van der Waals surface area contributed by atoms with E-state index in [4.69, 9.17) is 4.74 Å². The van der Waals surface area contributed by atoms with Crippen LogP contribution in [-0.2, 0) is 20.7 Å². The van der Waals surface area contributed by atoms with Crippen molar-refractivity contribution in [2.45, 2.75) is 72.6 Å². The second-order valence-corrected chi connectivity index (χ2v) is 8.82. The van der Waals surface area contributed by atoms with Crippen LogP contribution in [0.4, 0.5) is 4.79 Å². The van der Waals surface area contributed by atoms with Gasteiger partial charge < -0.3 is 20.2 Å². The van der Waals surface area contributed by atoms with E-state index in [1.807, 2.05) is 52.0 Å². The fourth-order valence-corrected chi connectivity index (χ4v) is 2.43. The summed E-state index contributed by atoms with van der Waals surface area (Å²) >= 11 is 0. The zero-order chi connectivity index (χ0) is 20.8. The molecule has 2 amide bonds. The number of benzene rings is 1. The van der Waals surface area contributed by atoms with Crippen LogP contribution in [0.3, 0.4) is 0 Å². The summed E-state index contributed by atoms with van der Waals surface area (Å²) in [6.07, 6.45) is 0.346. The molecule has 0 unspecified atom stereocenters. The van der Waals surface area contributed by atoms with Crippen molar-refractivity contribution in [3.63, 3.8) is 0 Å². The Hall–Kier alpha value is -2.37. The average Bonchev–Trinajstić information content (AvgIpc) is 2.50. The van der Waals surface area contributed by atoms with Gasteiger partial charge in [-0.3, -0.25) is 4.79 Å². The number of hydrogen-bond acceptors (Lipinski definition) is 4. The monoisotopic (exact) mass is 376 g/mol. The molecule has 0 spiro atoms. The fourth-order valence-electron chi connectivity index (χ4n) is 2.43. The Bertz CT molecular complexity index is 671. The smallest absolute Gasteiger partial charge is 0.408 e. The van der Waals surface area contributed by atoms with E-state index in [2.05, 4.69) is 10.6 Å². The minimum absolute atomic E-state index is 0.299. The predicted molar refractivity (Wildman–Crippen MR) is 105 cm³/mol. The standard InChI is InChI=1S/C21H32N2O4/c1-14-10-8-9-11-15(14)12-16(22-19(26)27-21(5,6)7)18(25)23-17(13-24)20(2,3)4/h8-11,13,16-17H,12H2,1-7H3,(H,22,26)(H,23,25)/t16-,17+/m0/s1. The first-order valence-electron chi connectivity index (χ1n) is 9.13. The van der Waals surface area contributed by atoms with Crippen LogP contribution in [0.25, 0.3) is 0 Å². The molecule has 0 aliphatic heterocycles. The Balaban J connectivity index is 3.02. The lowest BCUT2D eigenvalue weighted by atomic mass is 9.87. The molecular weight excluding hydrogens is 344 g/mol. The van der Waals surface area contributed by atoms with E-state index in [1.54, 1.807) is 20.8 Å². The number of amides is 2. The molecule has 27 heavy (non-hydrogen) atoms. The summed E-state index contributed by atoms with van der Waals surface area (Å²) in [6.45, 7) is 12.8. The van der Waals surface area contributed by atoms with Gasteiger partial charge in [0.1, 0.15) is 17.9 Å². The molecule has 1 aromatic rings. The minimum atomic E-state index is -0.856. The normalized spacial score (nSPS) is 14.0. The van der Waals surface area contributed by atoms with Crippen LogP contribution in [0.2, 0.25) is 0 Å². The third-order valence-electron chi connectivity index (χ3n) is 4.06. The van der Waals surface area contributed by atoms with E-state index in [-0.39, 0.29) is 0 Å². The Morgan fingerprint density at radius 1 is 1.07 bits per heavy atom. The Kier molecular flexibility index (Phi) is 7.57. The number of alkyl carbamates (subject to hydrolysis) is 1. The van der Waals surface area contributed by atoms with Gasteiger partial charge in [0, 0.05) is 6.42 Å². The molecule has 0 aromatic heterocycles. The highest BCUT2D eigenvalue weighted by atomic mass is 16.6. The van der Waals surface area contributed by atoms with Crippen molar-refractivity contribution >= 4 is 18.3 Å². The van der Waals surface area contributed by atoms with E-state index in [1.165, 1.54) is 0 Å². The molecule has 0 aliphatic rings. The maximum absolute atomic E-state index is 12.8. The second-order valence-electron chi connectivity index (χ2n) is 8.82. The van der Waals surface area contributed by atoms with Crippen LogP contribution in [0.5, 0.6) is 0 Å². The van der Waals surface area contributed by atoms with Gasteiger partial charge >= 0.3 is 6.09 Å². The van der Waals surface area contributed by atoms with Gasteiger partial charge in [-0.2, -0.15) is 0 Å². The molecule has 1 aromatic carbocycles. The number of nitrogens with one attached hydrogen (secondary N) is 2. The fraction of sp³-hybridized carbons (Fsp3) is 0.571. The van der Waals surface area contributed by atoms with Gasteiger partial charge in [0.05, 0.1) is 6.04 Å². The van der Waals surface area contributed by atoms with Crippen molar-refractivity contribution in [1.29, 1.82) is 0 Å². The van der Waals surface area contributed by atoms with E-state index in [0.717, 1.165) is 17.4 Å². The molecule has 2 atom stereocenters. The van der Waals surface area contributed by atoms with Crippen molar-refractivity contribution in [3.05, 3.63) is 35.4 Å². The summed E-state index contributed by atoms with van der Waals surface area (Å²) in [7, 11) is 0. The van der Waals surface area contributed by atoms with Gasteiger partial charge in [0.25, 0.3) is 0 Å². The first-order valence-corrected chi connectivity index (χ1v) is 9.13. The molecule has 2 N–H and O–H groups in total. The van der Waals surface area contributed by atoms with Crippen molar-refractivity contribution in [2.24, 2.45) is 5.41 Å². The van der Waals surface area contributed by atoms with Crippen LogP contribution in [-0.4, -0.2) is 36.0 Å². The van der Waals surface area contributed by atoms with Gasteiger partial charge in [0.15, 0.2) is 0 Å². The third kappa shape index (κ3) is 7.81. The lowest BCUT2D eigenvalue weighted by Gasteiger charge is -2.29. The molecule has 0 saturated carbocycles. The molecule has 1 rings (SSSR count). The average molecular weight is 376 g/mol. The van der Waals surface area contributed by atoms with E-state index in [9.17, 15) is 14.4 Å². The van der Waals surface area contributed by atoms with Crippen LogP contribution in [0.15, 0.2) is 24.3 Å². The van der Waals surface area contributed by atoms with Crippen LogP contribution >= 0.6 is 0 Å². The number of aryl methyl sites for hydroxylation is 1. The van der Waals surface area contributed by atoms with Crippen molar-refractivity contribution < 1.29 is 19.1 Å². The molecule has 0 heterocycles. The summed E-state index contributed by atoms with van der Waals surface area (Å²) < 4.78 is 5.29. The summed E-state index contributed by atoms with van der Waals surface area (Å²) in [5.74, 6) is -0.420. The minimum Gasteiger partial charge on any atom is -0.444 e. The predicted octanol–water partition coefficient (Wildman–Crippen LogP) is 3.16. The molecule has 0 saturated heterocycles. The number of hydrogen-bond donors (Lipinski definition) is 2. The van der Waals surface area contributed by atoms with Crippen molar-refractivity contribution in [3.8, 4) is 0 Å². The van der Waals surface area contributed by atoms with Gasteiger partial charge in [-0.05, 0) is 44.2 Å². The molecule has 150 valence electrons. The van der Waals surface area contributed by atoms with Gasteiger partial charge in [0.2, 0.25) is 5.91 Å². The second kappa shape index (κ2) is 9.02. The highest BCUT2D eigenvalue weighted by Gasteiger charge is 2.30. The van der Waals surface area contributed by atoms with E-state index in [0.29, 0.717) is 6.42 Å². The van der Waals surface area contributed by atoms with Crippen LogP contribution in [0, 0.1) is 12.3 Å². The summed E-state index contributed by atoms with van der Waals surface area (Å²) in [5, 5.41) is 5.38. The molecular formula is C21H32N2O4. The SMILES string of the molecule is Cc1ccccc1C[C@H](NC(=O)OC(C)(C)C)C(=O)N[C@H](C=O)C(C)(C)C. The van der Waals surface area contributed by atoms with E-state index < -0.39 is 35.1 Å². The topological polar surface area (TPSA) is 84.5 Å². The van der Waals surface area contributed by atoms with Crippen molar-refractivity contribution in [2.75, 3.05) is 0 Å². The summed E-state index contributed by atoms with van der Waals surface area (Å²) in [5.41, 5.74) is 0.845. The van der Waals surface area contributed by atoms with Crippen LogP contribution < -0.4 is 10.6 Å². The van der Waals surface area contributed by atoms with Crippen LogP contribution in [0.1, 0.15) is 52.7 Å². The molecule has 6 heteroatoms. The quantitative estimate of drug-likeness (QED) is 0.747. The zero-order valence-electron chi connectivity index (χ0n) is 17.4. The summed E-state index contributed by atoms with van der Waals surface area (Å²) in [6, 6.07) is 6.13. The Morgan fingerprint density at radius 2 is 1.67 bits per heavy atom. The number of carbonyl (C=O) groups is 3. The maximum Gasteiger partial charge on any atom is 0.408 e. The first-order chi connectivity index (χ1) is 12.3. The highest BCUT2D eigenvalue weighted by molar-refractivity contribution is 5.88. The molecule has 0 fully saturated rings. The van der Waals surface area contributed by atoms with Gasteiger partial charge in [-0.25, -0.2) is 4.79 Å². The maximum atomic E-state index is 12.8. The Morgan fingerprint density at radius 3 is 2.15 bits per heavy atom. The van der Waals surface area contributed by atoms with Crippen molar-refractivity contribution in [1.82, 2.24) is 10.6 Å². The lowest BCUT2D eigenvalue weighted by Crippen LogP contribution is -2.54. The molecule has 0 radical (unpaired) electrons. The van der Waals surface area contributed by atoms with Gasteiger partial charge in [-0.1, -0.05) is 45.0 Å².